The molecule has 0 saturated carbocycles. The first-order chi connectivity index (χ1) is 11.1. The molecule has 1 heterocycles. The first-order valence-corrected chi connectivity index (χ1v) is 7.32. The summed E-state index contributed by atoms with van der Waals surface area (Å²) >= 11 is 0. The minimum absolute atomic E-state index is 0.123. The van der Waals surface area contributed by atoms with Gasteiger partial charge < -0.3 is 15.4 Å². The fraction of sp³-hybridized carbons (Fsp3) is 0.235. The molecule has 0 aliphatic heterocycles. The standard InChI is InChI=1S/C17H19N3O3/c1-3-23-14-6-4-13(5-7-14)17(22)19-11-16(21)20-15-10-12(2)8-9-18-15/h4-10H,3,11H2,1-2H3,(H,19,22)(H,18,20,21). The molecule has 0 unspecified atom stereocenters. The quantitative estimate of drug-likeness (QED) is 0.856. The van der Waals surface area contributed by atoms with Crippen molar-refractivity contribution < 1.29 is 14.3 Å². The highest BCUT2D eigenvalue weighted by Crippen LogP contribution is 2.12. The molecule has 1 aromatic heterocycles. The van der Waals surface area contributed by atoms with Crippen LogP contribution < -0.4 is 15.4 Å². The van der Waals surface area contributed by atoms with Gasteiger partial charge in [-0.1, -0.05) is 0 Å². The number of ether oxygens (including phenoxy) is 1. The summed E-state index contributed by atoms with van der Waals surface area (Å²) in [5, 5.41) is 5.20. The van der Waals surface area contributed by atoms with Gasteiger partial charge in [-0.3, -0.25) is 9.59 Å². The maximum absolute atomic E-state index is 12.0. The van der Waals surface area contributed by atoms with E-state index in [0.29, 0.717) is 23.7 Å². The molecule has 120 valence electrons. The first-order valence-electron chi connectivity index (χ1n) is 7.32. The SMILES string of the molecule is CCOc1ccc(C(=O)NCC(=O)Nc2cc(C)ccn2)cc1. The Morgan fingerprint density at radius 1 is 1.17 bits per heavy atom. The summed E-state index contributed by atoms with van der Waals surface area (Å²) in [6, 6.07) is 10.3. The Kier molecular flexibility index (Phi) is 5.68. The smallest absolute Gasteiger partial charge is 0.251 e. The molecule has 23 heavy (non-hydrogen) atoms. The van der Waals surface area contributed by atoms with Gasteiger partial charge in [-0.05, 0) is 55.8 Å². The predicted octanol–water partition coefficient (Wildman–Crippen LogP) is 2.16. The molecule has 6 heteroatoms. The molecule has 2 rings (SSSR count). The second-order valence-electron chi connectivity index (χ2n) is 4.91. The summed E-state index contributed by atoms with van der Waals surface area (Å²) < 4.78 is 5.31. The molecule has 0 spiro atoms. The van der Waals surface area contributed by atoms with Crippen molar-refractivity contribution in [2.24, 2.45) is 0 Å². The molecule has 2 N–H and O–H groups in total. The van der Waals surface area contributed by atoms with Crippen LogP contribution in [-0.4, -0.2) is 29.9 Å². The van der Waals surface area contributed by atoms with Crippen LogP contribution in [0.1, 0.15) is 22.8 Å². The van der Waals surface area contributed by atoms with Crippen molar-refractivity contribution in [1.82, 2.24) is 10.3 Å². The minimum atomic E-state index is -0.331. The molecular weight excluding hydrogens is 294 g/mol. The number of pyridine rings is 1. The van der Waals surface area contributed by atoms with Crippen LogP contribution in [0.3, 0.4) is 0 Å². The van der Waals surface area contributed by atoms with Crippen LogP contribution in [-0.2, 0) is 4.79 Å². The Hall–Kier alpha value is -2.89. The molecule has 0 aliphatic carbocycles. The van der Waals surface area contributed by atoms with Crippen molar-refractivity contribution in [2.45, 2.75) is 13.8 Å². The van der Waals surface area contributed by atoms with Crippen molar-refractivity contribution in [3.63, 3.8) is 0 Å². The topological polar surface area (TPSA) is 80.3 Å². The molecule has 0 fully saturated rings. The average Bonchev–Trinajstić information content (AvgIpc) is 2.54. The number of nitrogens with one attached hydrogen (secondary N) is 2. The summed E-state index contributed by atoms with van der Waals surface area (Å²) in [4.78, 5) is 27.8. The number of amides is 2. The average molecular weight is 313 g/mol. The summed E-state index contributed by atoms with van der Waals surface area (Å²) in [5.41, 5.74) is 1.46. The Morgan fingerprint density at radius 3 is 2.57 bits per heavy atom. The van der Waals surface area contributed by atoms with Crippen LogP contribution in [0.4, 0.5) is 5.82 Å². The minimum Gasteiger partial charge on any atom is -0.494 e. The number of aromatic nitrogens is 1. The number of benzene rings is 1. The summed E-state index contributed by atoms with van der Waals surface area (Å²) in [5.74, 6) is 0.514. The lowest BCUT2D eigenvalue weighted by atomic mass is 10.2. The summed E-state index contributed by atoms with van der Waals surface area (Å²) in [7, 11) is 0. The number of hydrogen-bond acceptors (Lipinski definition) is 4. The van der Waals surface area contributed by atoms with Gasteiger partial charge in [0.2, 0.25) is 5.91 Å². The van der Waals surface area contributed by atoms with Crippen LogP contribution in [0.15, 0.2) is 42.6 Å². The van der Waals surface area contributed by atoms with Crippen LogP contribution in [0.5, 0.6) is 5.75 Å². The fourth-order valence-corrected chi connectivity index (χ4v) is 1.92. The number of hydrogen-bond donors (Lipinski definition) is 2. The van der Waals surface area contributed by atoms with E-state index >= 15 is 0 Å². The van der Waals surface area contributed by atoms with E-state index in [1.807, 2.05) is 19.9 Å². The van der Waals surface area contributed by atoms with E-state index < -0.39 is 0 Å². The fourth-order valence-electron chi connectivity index (χ4n) is 1.92. The summed E-state index contributed by atoms with van der Waals surface area (Å²) in [6.45, 7) is 4.24. The van der Waals surface area contributed by atoms with Gasteiger partial charge in [0.05, 0.1) is 13.2 Å². The number of anilines is 1. The molecule has 6 nitrogen and oxygen atoms in total. The van der Waals surface area contributed by atoms with Gasteiger partial charge in [0.1, 0.15) is 11.6 Å². The van der Waals surface area contributed by atoms with E-state index in [0.717, 1.165) is 5.56 Å². The Morgan fingerprint density at radius 2 is 1.91 bits per heavy atom. The van der Waals surface area contributed by atoms with Gasteiger partial charge in [-0.2, -0.15) is 0 Å². The molecule has 0 bridgehead atoms. The van der Waals surface area contributed by atoms with Gasteiger partial charge in [-0.15, -0.1) is 0 Å². The van der Waals surface area contributed by atoms with Gasteiger partial charge >= 0.3 is 0 Å². The normalized spacial score (nSPS) is 10.0. The number of carbonyl (C=O) groups excluding carboxylic acids is 2. The molecular formula is C17H19N3O3. The number of rotatable bonds is 6. The third kappa shape index (κ3) is 5.10. The second-order valence-corrected chi connectivity index (χ2v) is 4.91. The van der Waals surface area contributed by atoms with Gasteiger partial charge in [-0.25, -0.2) is 4.98 Å². The molecule has 0 saturated heterocycles. The lowest BCUT2D eigenvalue weighted by molar-refractivity contribution is -0.115. The molecule has 0 radical (unpaired) electrons. The van der Waals surface area contributed by atoms with Crippen molar-refractivity contribution in [3.05, 3.63) is 53.7 Å². The second kappa shape index (κ2) is 7.93. The molecule has 0 aliphatic rings. The number of nitrogens with zero attached hydrogens (tertiary/aromatic N) is 1. The molecule has 2 aromatic rings. The highest BCUT2D eigenvalue weighted by atomic mass is 16.5. The lowest BCUT2D eigenvalue weighted by Crippen LogP contribution is -2.33. The van der Waals surface area contributed by atoms with Gasteiger partial charge in [0.15, 0.2) is 0 Å². The van der Waals surface area contributed by atoms with E-state index in [9.17, 15) is 9.59 Å². The number of carbonyl (C=O) groups is 2. The lowest BCUT2D eigenvalue weighted by Gasteiger charge is -2.08. The zero-order valence-electron chi connectivity index (χ0n) is 13.1. The summed E-state index contributed by atoms with van der Waals surface area (Å²) in [6.07, 6.45) is 1.61. The van der Waals surface area contributed by atoms with E-state index in [1.54, 1.807) is 36.5 Å². The van der Waals surface area contributed by atoms with Gasteiger partial charge in [0, 0.05) is 11.8 Å². The first kappa shape index (κ1) is 16.5. The van der Waals surface area contributed by atoms with Gasteiger partial charge in [0.25, 0.3) is 5.91 Å². The van der Waals surface area contributed by atoms with Crippen LogP contribution in [0.25, 0.3) is 0 Å². The maximum Gasteiger partial charge on any atom is 0.251 e. The third-order valence-corrected chi connectivity index (χ3v) is 3.02. The zero-order valence-corrected chi connectivity index (χ0v) is 13.1. The Bertz CT molecular complexity index is 684. The van der Waals surface area contributed by atoms with E-state index in [2.05, 4.69) is 15.6 Å². The Labute approximate surface area is 134 Å². The van der Waals surface area contributed by atoms with Crippen molar-refractivity contribution >= 4 is 17.6 Å². The van der Waals surface area contributed by atoms with Crippen LogP contribution in [0, 0.1) is 6.92 Å². The largest absolute Gasteiger partial charge is 0.494 e. The van der Waals surface area contributed by atoms with Crippen molar-refractivity contribution in [1.29, 1.82) is 0 Å². The molecule has 2 amide bonds. The van der Waals surface area contributed by atoms with Crippen LogP contribution >= 0.6 is 0 Å². The van der Waals surface area contributed by atoms with E-state index in [1.165, 1.54) is 0 Å². The molecule has 1 aromatic carbocycles. The number of aryl methyl sites for hydroxylation is 1. The highest BCUT2D eigenvalue weighted by molar-refractivity contribution is 5.99. The van der Waals surface area contributed by atoms with E-state index in [-0.39, 0.29) is 18.4 Å². The van der Waals surface area contributed by atoms with Crippen molar-refractivity contribution in [3.8, 4) is 5.75 Å². The molecule has 0 atom stereocenters. The van der Waals surface area contributed by atoms with Crippen LogP contribution in [0.2, 0.25) is 0 Å². The monoisotopic (exact) mass is 313 g/mol. The van der Waals surface area contributed by atoms with E-state index in [4.69, 9.17) is 4.74 Å². The highest BCUT2D eigenvalue weighted by Gasteiger charge is 2.09. The predicted molar refractivity (Wildman–Crippen MR) is 87.5 cm³/mol. The zero-order chi connectivity index (χ0) is 16.7. The Balaban J connectivity index is 1.84. The third-order valence-electron chi connectivity index (χ3n) is 3.02. The van der Waals surface area contributed by atoms with Crippen molar-refractivity contribution in [2.75, 3.05) is 18.5 Å². The maximum atomic E-state index is 12.0.